The molecule has 4 aromatic rings. The van der Waals surface area contributed by atoms with Gasteiger partial charge in [0.05, 0.1) is 48.0 Å². The largest absolute Gasteiger partial charge is 0.299 e. The van der Waals surface area contributed by atoms with E-state index < -0.39 is 11.6 Å². The summed E-state index contributed by atoms with van der Waals surface area (Å²) in [5, 5.41) is 17.4. The lowest BCUT2D eigenvalue weighted by Crippen LogP contribution is -2.17. The van der Waals surface area contributed by atoms with Crippen LogP contribution >= 0.6 is 0 Å². The van der Waals surface area contributed by atoms with Gasteiger partial charge in [-0.1, -0.05) is 6.42 Å². The number of hydrogen-bond donors (Lipinski definition) is 0. The number of Topliss-reactive ketones (excluding diaryl/α,β-unsaturated/α-hetero) is 2. The zero-order chi connectivity index (χ0) is 27.9. The second kappa shape index (κ2) is 12.7. The molecule has 40 heavy (non-hydrogen) atoms. The van der Waals surface area contributed by atoms with E-state index in [1.165, 1.54) is 24.3 Å². The first kappa shape index (κ1) is 27.2. The van der Waals surface area contributed by atoms with Gasteiger partial charge in [-0.25, -0.2) is 8.78 Å². The van der Waals surface area contributed by atoms with Gasteiger partial charge in [-0.2, -0.15) is 20.4 Å². The quantitative estimate of drug-likeness (QED) is 0.288. The van der Waals surface area contributed by atoms with Crippen LogP contribution in [0.4, 0.5) is 8.78 Å². The number of carbonyl (C=O) groups is 2. The first-order valence-electron chi connectivity index (χ1n) is 13.3. The molecule has 1 aliphatic rings. The fourth-order valence-electron chi connectivity index (χ4n) is 5.05. The Morgan fingerprint density at radius 3 is 1.40 bits per heavy atom. The highest BCUT2D eigenvalue weighted by atomic mass is 19.1. The normalized spacial score (nSPS) is 16.9. The van der Waals surface area contributed by atoms with Gasteiger partial charge >= 0.3 is 0 Å². The topological polar surface area (TPSA) is 111 Å². The summed E-state index contributed by atoms with van der Waals surface area (Å²) in [6.45, 7) is 0. The van der Waals surface area contributed by atoms with Gasteiger partial charge in [-0.05, 0) is 67.8 Å². The molecule has 4 aromatic heterocycles. The summed E-state index contributed by atoms with van der Waals surface area (Å²) in [7, 11) is 0. The first-order valence-corrected chi connectivity index (χ1v) is 13.3. The molecule has 0 spiro atoms. The van der Waals surface area contributed by atoms with Gasteiger partial charge in [0.15, 0.2) is 0 Å². The standard InChI is InChI=1S/C30H28F2N6O2/c31-21-4-6-23(33-17-21)13-27(39)15-25-8-10-29(37-35-25)19-2-1-3-20(12-19)30-11-9-26(36-38-30)16-28(40)14-24-7-5-22(32)18-34-24/h4-11,17-20H,1-3,12-16H2/t19-,20-/m0/s1. The van der Waals surface area contributed by atoms with Gasteiger partial charge in [0.2, 0.25) is 0 Å². The van der Waals surface area contributed by atoms with Crippen LogP contribution in [0, 0.1) is 11.6 Å². The molecular formula is C30H28F2N6O2. The molecule has 0 bridgehead atoms. The number of hydrogen-bond acceptors (Lipinski definition) is 8. The molecule has 0 saturated heterocycles. The van der Waals surface area contributed by atoms with Gasteiger partial charge in [0.25, 0.3) is 0 Å². The molecule has 2 atom stereocenters. The van der Waals surface area contributed by atoms with E-state index in [0.29, 0.717) is 22.8 Å². The van der Waals surface area contributed by atoms with Crippen molar-refractivity contribution in [2.45, 2.75) is 63.2 Å². The Kier molecular flexibility index (Phi) is 8.63. The van der Waals surface area contributed by atoms with E-state index in [1.54, 1.807) is 0 Å². The maximum absolute atomic E-state index is 13.0. The van der Waals surface area contributed by atoms with Crippen LogP contribution in [0.1, 0.15) is 71.7 Å². The number of carbonyl (C=O) groups excluding carboxylic acids is 2. The molecule has 8 nitrogen and oxygen atoms in total. The van der Waals surface area contributed by atoms with Crippen molar-refractivity contribution in [2.24, 2.45) is 0 Å². The Labute approximate surface area is 230 Å². The molecular weight excluding hydrogens is 514 g/mol. The van der Waals surface area contributed by atoms with Crippen molar-refractivity contribution in [1.29, 1.82) is 0 Å². The van der Waals surface area contributed by atoms with Crippen molar-refractivity contribution >= 4 is 11.6 Å². The zero-order valence-electron chi connectivity index (χ0n) is 21.8. The van der Waals surface area contributed by atoms with Crippen molar-refractivity contribution in [3.8, 4) is 0 Å². The molecule has 5 rings (SSSR count). The maximum atomic E-state index is 13.0. The third kappa shape index (κ3) is 7.40. The Morgan fingerprint density at radius 2 is 1.02 bits per heavy atom. The number of halogens is 2. The lowest BCUT2D eigenvalue weighted by atomic mass is 9.78. The van der Waals surface area contributed by atoms with Crippen LogP contribution in [-0.2, 0) is 35.3 Å². The number of ketones is 2. The molecule has 0 aromatic carbocycles. The van der Waals surface area contributed by atoms with Gasteiger partial charge in [0.1, 0.15) is 23.2 Å². The third-order valence-corrected chi connectivity index (χ3v) is 7.08. The minimum absolute atomic E-state index is 0.0604. The van der Waals surface area contributed by atoms with Gasteiger partial charge in [0, 0.05) is 36.1 Å². The Bertz CT molecular complexity index is 1340. The smallest absolute Gasteiger partial charge is 0.144 e. The summed E-state index contributed by atoms with van der Waals surface area (Å²) < 4.78 is 26.0. The lowest BCUT2D eigenvalue weighted by molar-refractivity contribution is -0.118. The average Bonchev–Trinajstić information content (AvgIpc) is 2.96. The maximum Gasteiger partial charge on any atom is 0.144 e. The Morgan fingerprint density at radius 1 is 0.600 bits per heavy atom. The Balaban J connectivity index is 1.13. The Hall–Kier alpha value is -4.34. The van der Waals surface area contributed by atoms with Crippen molar-refractivity contribution in [3.05, 3.63) is 107 Å². The summed E-state index contributed by atoms with van der Waals surface area (Å²) in [6, 6.07) is 13.2. The SMILES string of the molecule is O=C(Cc1ccc(F)cn1)Cc1ccc([C@H]2CCC[C@H](c3ccc(CC(=O)Cc4ccc(F)cn4)nn3)C2)nn1. The molecule has 1 fully saturated rings. The highest BCUT2D eigenvalue weighted by molar-refractivity contribution is 5.82. The monoisotopic (exact) mass is 542 g/mol. The predicted octanol–water partition coefficient (Wildman–Crippen LogP) is 4.48. The van der Waals surface area contributed by atoms with Crippen molar-refractivity contribution in [3.63, 3.8) is 0 Å². The first-order chi connectivity index (χ1) is 19.4. The van der Waals surface area contributed by atoms with Crippen LogP contribution < -0.4 is 0 Å². The molecule has 0 N–H and O–H groups in total. The van der Waals surface area contributed by atoms with E-state index in [2.05, 4.69) is 30.4 Å². The number of aromatic nitrogens is 6. The van der Waals surface area contributed by atoms with Crippen LogP contribution in [0.2, 0.25) is 0 Å². The molecule has 1 aliphatic carbocycles. The van der Waals surface area contributed by atoms with Crippen molar-refractivity contribution in [1.82, 2.24) is 30.4 Å². The van der Waals surface area contributed by atoms with E-state index in [4.69, 9.17) is 0 Å². The summed E-state index contributed by atoms with van der Waals surface area (Å²) in [4.78, 5) is 32.6. The van der Waals surface area contributed by atoms with Crippen LogP contribution in [0.3, 0.4) is 0 Å². The third-order valence-electron chi connectivity index (χ3n) is 7.08. The summed E-state index contributed by atoms with van der Waals surface area (Å²) in [6.07, 6.45) is 6.61. The fraction of sp³-hybridized carbons (Fsp3) is 0.333. The minimum Gasteiger partial charge on any atom is -0.299 e. The lowest BCUT2D eigenvalue weighted by Gasteiger charge is -2.28. The van der Waals surface area contributed by atoms with Crippen LogP contribution in [0.15, 0.2) is 60.9 Å². The summed E-state index contributed by atoms with van der Waals surface area (Å²) >= 11 is 0. The van der Waals surface area contributed by atoms with E-state index >= 15 is 0 Å². The van der Waals surface area contributed by atoms with E-state index in [1.807, 2.05) is 24.3 Å². The number of pyridine rings is 2. The highest BCUT2D eigenvalue weighted by Crippen LogP contribution is 2.39. The predicted molar refractivity (Wildman–Crippen MR) is 141 cm³/mol. The molecule has 0 aliphatic heterocycles. The van der Waals surface area contributed by atoms with Crippen LogP contribution in [0.5, 0.6) is 0 Å². The van der Waals surface area contributed by atoms with Gasteiger partial charge in [-0.3, -0.25) is 19.6 Å². The van der Waals surface area contributed by atoms with Crippen molar-refractivity contribution < 1.29 is 18.4 Å². The second-order valence-electron chi connectivity index (χ2n) is 10.2. The summed E-state index contributed by atoms with van der Waals surface area (Å²) in [5.41, 5.74) is 4.02. The van der Waals surface area contributed by atoms with Crippen molar-refractivity contribution in [2.75, 3.05) is 0 Å². The number of nitrogens with zero attached hydrogens (tertiary/aromatic N) is 6. The minimum atomic E-state index is -0.434. The van der Waals surface area contributed by atoms with Crippen LogP contribution in [0.25, 0.3) is 0 Å². The summed E-state index contributed by atoms with van der Waals surface area (Å²) in [5.74, 6) is -0.534. The molecule has 10 heteroatoms. The fourth-order valence-corrected chi connectivity index (χ4v) is 5.05. The van der Waals surface area contributed by atoms with E-state index in [9.17, 15) is 18.4 Å². The van der Waals surface area contributed by atoms with Gasteiger partial charge in [-0.15, -0.1) is 0 Å². The second-order valence-corrected chi connectivity index (χ2v) is 10.2. The van der Waals surface area contributed by atoms with E-state index in [0.717, 1.165) is 49.5 Å². The number of rotatable bonds is 10. The molecule has 0 amide bonds. The molecule has 1 saturated carbocycles. The van der Waals surface area contributed by atoms with E-state index in [-0.39, 0.29) is 49.1 Å². The highest BCUT2D eigenvalue weighted by Gasteiger charge is 2.27. The molecule has 0 unspecified atom stereocenters. The zero-order valence-corrected chi connectivity index (χ0v) is 21.8. The molecule has 204 valence electrons. The van der Waals surface area contributed by atoms with Gasteiger partial charge < -0.3 is 0 Å². The molecule has 0 radical (unpaired) electrons. The average molecular weight is 543 g/mol. The molecule has 4 heterocycles. The van der Waals surface area contributed by atoms with Crippen LogP contribution in [-0.4, -0.2) is 41.9 Å².